The molecule has 1 aromatic rings. The second kappa shape index (κ2) is 6.06. The largest absolute Gasteiger partial charge is 0.489 e. The van der Waals surface area contributed by atoms with Crippen LogP contribution in [0.25, 0.3) is 0 Å². The third-order valence-corrected chi connectivity index (χ3v) is 2.65. The molecular weight excluding hydrogens is 266 g/mol. The van der Waals surface area contributed by atoms with Gasteiger partial charge in [-0.2, -0.15) is 0 Å². The lowest BCUT2D eigenvalue weighted by molar-refractivity contribution is 0.346. The Labute approximate surface area is 106 Å². The fourth-order valence-corrected chi connectivity index (χ4v) is 2.16. The van der Waals surface area contributed by atoms with E-state index in [0.29, 0.717) is 13.2 Å². The van der Waals surface area contributed by atoms with Crippen LogP contribution in [-0.4, -0.2) is 13.2 Å². The van der Waals surface area contributed by atoms with Crippen molar-refractivity contribution in [2.24, 2.45) is 5.73 Å². The summed E-state index contributed by atoms with van der Waals surface area (Å²) in [5.41, 5.74) is 8.88. The van der Waals surface area contributed by atoms with E-state index < -0.39 is 0 Å². The molecule has 0 amide bonds. The summed E-state index contributed by atoms with van der Waals surface area (Å²) < 4.78 is 6.83. The molecular formula is C13H18BrNO. The zero-order valence-corrected chi connectivity index (χ0v) is 11.4. The molecule has 3 heteroatoms. The van der Waals surface area contributed by atoms with Crippen LogP contribution in [-0.2, 0) is 6.42 Å². The van der Waals surface area contributed by atoms with Crippen LogP contribution in [0.4, 0.5) is 0 Å². The van der Waals surface area contributed by atoms with Crippen LogP contribution in [0.15, 0.2) is 28.8 Å². The van der Waals surface area contributed by atoms with E-state index in [1.54, 1.807) is 0 Å². The van der Waals surface area contributed by atoms with Crippen LogP contribution in [0.5, 0.6) is 5.75 Å². The summed E-state index contributed by atoms with van der Waals surface area (Å²) in [6, 6.07) is 4.11. The molecule has 0 fully saturated rings. The highest BCUT2D eigenvalue weighted by Gasteiger charge is 2.08. The first kappa shape index (κ1) is 13.3. The summed E-state index contributed by atoms with van der Waals surface area (Å²) in [6.07, 6.45) is 0.825. The van der Waals surface area contributed by atoms with Gasteiger partial charge in [-0.15, -0.1) is 0 Å². The van der Waals surface area contributed by atoms with Gasteiger partial charge in [0.05, 0.1) is 0 Å². The molecule has 0 aromatic heterocycles. The average Bonchev–Trinajstić information content (AvgIpc) is 2.16. The minimum atomic E-state index is 0.556. The average molecular weight is 284 g/mol. The normalized spacial score (nSPS) is 10.2. The number of aryl methyl sites for hydroxylation is 1. The smallest absolute Gasteiger partial charge is 0.126 e. The second-order valence-electron chi connectivity index (χ2n) is 4.00. The molecule has 0 aliphatic carbocycles. The van der Waals surface area contributed by atoms with Gasteiger partial charge in [0.25, 0.3) is 0 Å². The van der Waals surface area contributed by atoms with Gasteiger partial charge in [-0.1, -0.05) is 22.5 Å². The third kappa shape index (κ3) is 3.65. The highest BCUT2D eigenvalue weighted by Crippen LogP contribution is 2.28. The lowest BCUT2D eigenvalue weighted by atomic mass is 10.1. The molecule has 88 valence electrons. The molecule has 0 bridgehead atoms. The fourth-order valence-electron chi connectivity index (χ4n) is 1.54. The van der Waals surface area contributed by atoms with Gasteiger partial charge < -0.3 is 10.5 Å². The van der Waals surface area contributed by atoms with Gasteiger partial charge in [-0.05, 0) is 55.6 Å². The van der Waals surface area contributed by atoms with Crippen LogP contribution in [0, 0.1) is 6.92 Å². The second-order valence-corrected chi connectivity index (χ2v) is 4.91. The molecule has 1 rings (SSSR count). The Morgan fingerprint density at radius 1 is 1.50 bits per heavy atom. The highest BCUT2D eigenvalue weighted by atomic mass is 79.9. The molecule has 1 aromatic carbocycles. The SMILES string of the molecule is C=C(C)COc1c(C)cc(Br)cc1CCN. The third-order valence-electron chi connectivity index (χ3n) is 2.19. The van der Waals surface area contributed by atoms with Crippen molar-refractivity contribution in [3.63, 3.8) is 0 Å². The van der Waals surface area contributed by atoms with Crippen molar-refractivity contribution in [2.75, 3.05) is 13.2 Å². The molecule has 0 spiro atoms. The molecule has 2 N–H and O–H groups in total. The van der Waals surface area contributed by atoms with Crippen LogP contribution in [0.1, 0.15) is 18.1 Å². The van der Waals surface area contributed by atoms with Gasteiger partial charge in [-0.25, -0.2) is 0 Å². The summed E-state index contributed by atoms with van der Waals surface area (Å²) >= 11 is 3.48. The highest BCUT2D eigenvalue weighted by molar-refractivity contribution is 9.10. The van der Waals surface area contributed by atoms with E-state index in [1.807, 2.05) is 19.9 Å². The van der Waals surface area contributed by atoms with Crippen molar-refractivity contribution in [3.8, 4) is 5.75 Å². The lowest BCUT2D eigenvalue weighted by Gasteiger charge is -2.14. The number of nitrogens with two attached hydrogens (primary N) is 1. The van der Waals surface area contributed by atoms with Gasteiger partial charge >= 0.3 is 0 Å². The Morgan fingerprint density at radius 2 is 2.19 bits per heavy atom. The van der Waals surface area contributed by atoms with Crippen LogP contribution >= 0.6 is 15.9 Å². The Balaban J connectivity index is 2.98. The maximum absolute atomic E-state index is 5.76. The predicted octanol–water partition coefficient (Wildman–Crippen LogP) is 3.21. The molecule has 16 heavy (non-hydrogen) atoms. The van der Waals surface area contributed by atoms with Gasteiger partial charge in [0.15, 0.2) is 0 Å². The Morgan fingerprint density at radius 3 is 2.75 bits per heavy atom. The number of hydrogen-bond donors (Lipinski definition) is 1. The van der Waals surface area contributed by atoms with Crippen molar-refractivity contribution in [1.29, 1.82) is 0 Å². The summed E-state index contributed by atoms with van der Waals surface area (Å²) in [6.45, 7) is 9.01. The molecule has 0 unspecified atom stereocenters. The Hall–Kier alpha value is -0.800. The van der Waals surface area contributed by atoms with E-state index in [0.717, 1.165) is 33.3 Å². The molecule has 0 aliphatic heterocycles. The zero-order valence-electron chi connectivity index (χ0n) is 9.85. The Kier molecular flexibility index (Phi) is 5.03. The number of rotatable bonds is 5. The maximum atomic E-state index is 5.76. The number of benzene rings is 1. The van der Waals surface area contributed by atoms with E-state index in [9.17, 15) is 0 Å². The quantitative estimate of drug-likeness (QED) is 0.843. The van der Waals surface area contributed by atoms with E-state index in [4.69, 9.17) is 10.5 Å². The van der Waals surface area contributed by atoms with Gasteiger partial charge in [0.1, 0.15) is 12.4 Å². The summed E-state index contributed by atoms with van der Waals surface area (Å²) in [5, 5.41) is 0. The molecule has 0 heterocycles. The van der Waals surface area contributed by atoms with Crippen molar-refractivity contribution < 1.29 is 4.74 Å². The number of ether oxygens (including phenoxy) is 1. The Bertz CT molecular complexity index is 388. The van der Waals surface area contributed by atoms with Crippen LogP contribution in [0.2, 0.25) is 0 Å². The van der Waals surface area contributed by atoms with E-state index >= 15 is 0 Å². The van der Waals surface area contributed by atoms with Gasteiger partial charge in [0, 0.05) is 4.47 Å². The molecule has 0 atom stereocenters. The fraction of sp³-hybridized carbons (Fsp3) is 0.385. The molecule has 0 aliphatic rings. The van der Waals surface area contributed by atoms with Crippen molar-refractivity contribution in [1.82, 2.24) is 0 Å². The first-order valence-corrected chi connectivity index (χ1v) is 6.10. The zero-order chi connectivity index (χ0) is 12.1. The van der Waals surface area contributed by atoms with Crippen molar-refractivity contribution in [3.05, 3.63) is 39.9 Å². The van der Waals surface area contributed by atoms with Crippen molar-refractivity contribution in [2.45, 2.75) is 20.3 Å². The number of hydrogen-bond acceptors (Lipinski definition) is 2. The first-order valence-electron chi connectivity index (χ1n) is 5.31. The molecule has 0 saturated heterocycles. The molecule has 2 nitrogen and oxygen atoms in total. The minimum Gasteiger partial charge on any atom is -0.489 e. The monoisotopic (exact) mass is 283 g/mol. The standard InChI is InChI=1S/C13H18BrNO/c1-9(2)8-16-13-10(3)6-12(14)7-11(13)4-5-15/h6-7H,1,4-5,8,15H2,2-3H3. The summed E-state index contributed by atoms with van der Waals surface area (Å²) in [7, 11) is 0. The van der Waals surface area contributed by atoms with E-state index in [-0.39, 0.29) is 0 Å². The van der Waals surface area contributed by atoms with Gasteiger partial charge in [-0.3, -0.25) is 0 Å². The van der Waals surface area contributed by atoms with E-state index in [2.05, 4.69) is 28.6 Å². The maximum Gasteiger partial charge on any atom is 0.126 e. The summed E-state index contributed by atoms with van der Waals surface area (Å²) in [4.78, 5) is 0. The number of halogens is 1. The van der Waals surface area contributed by atoms with Crippen molar-refractivity contribution >= 4 is 15.9 Å². The van der Waals surface area contributed by atoms with Crippen LogP contribution < -0.4 is 10.5 Å². The van der Waals surface area contributed by atoms with Crippen LogP contribution in [0.3, 0.4) is 0 Å². The topological polar surface area (TPSA) is 35.2 Å². The predicted molar refractivity (Wildman–Crippen MR) is 71.9 cm³/mol. The minimum absolute atomic E-state index is 0.556. The first-order chi connectivity index (χ1) is 7.54. The molecule has 0 radical (unpaired) electrons. The van der Waals surface area contributed by atoms with E-state index in [1.165, 1.54) is 0 Å². The lowest BCUT2D eigenvalue weighted by Crippen LogP contribution is -2.07. The van der Waals surface area contributed by atoms with Gasteiger partial charge in [0.2, 0.25) is 0 Å². The summed E-state index contributed by atoms with van der Waals surface area (Å²) in [5.74, 6) is 0.941. The molecule has 0 saturated carbocycles.